The first kappa shape index (κ1) is 24.0. The van der Waals surface area contributed by atoms with E-state index in [9.17, 15) is 18.0 Å². The summed E-state index contributed by atoms with van der Waals surface area (Å²) < 4.78 is 45.7. The molecule has 0 spiro atoms. The topological polar surface area (TPSA) is 92.3 Å². The maximum atomic E-state index is 13.2. The lowest BCUT2D eigenvalue weighted by atomic mass is 10.0. The minimum absolute atomic E-state index is 0.0464. The van der Waals surface area contributed by atoms with E-state index >= 15 is 0 Å². The van der Waals surface area contributed by atoms with Gasteiger partial charge in [0, 0.05) is 36.5 Å². The zero-order valence-corrected chi connectivity index (χ0v) is 19.8. The number of carbonyl (C=O) groups is 1. The average Bonchev–Trinajstić information content (AvgIpc) is 2.96. The van der Waals surface area contributed by atoms with Crippen LogP contribution < -0.4 is 15.4 Å². The second-order valence-corrected chi connectivity index (χ2v) is 9.08. The lowest BCUT2D eigenvalue weighted by Crippen LogP contribution is -2.35. The molecule has 188 valence electrons. The second-order valence-electron chi connectivity index (χ2n) is 9.08. The number of piperidine rings is 1. The quantitative estimate of drug-likeness (QED) is 0.544. The third-order valence-corrected chi connectivity index (χ3v) is 6.35. The van der Waals surface area contributed by atoms with E-state index in [-0.39, 0.29) is 24.2 Å². The van der Waals surface area contributed by atoms with Gasteiger partial charge in [0.25, 0.3) is 0 Å². The fourth-order valence-corrected chi connectivity index (χ4v) is 4.36. The Morgan fingerprint density at radius 2 is 1.92 bits per heavy atom. The van der Waals surface area contributed by atoms with E-state index in [1.54, 1.807) is 6.07 Å². The molecule has 8 nitrogen and oxygen atoms in total. The lowest BCUT2D eigenvalue weighted by Gasteiger charge is -2.29. The fourth-order valence-electron chi connectivity index (χ4n) is 4.36. The Kier molecular flexibility index (Phi) is 6.25. The maximum absolute atomic E-state index is 13.2. The standard InChI is InChI=1S/C25H25F3N6O2/c1-14-19(5-6-22(30-14)36-17-7-9-34(2)10-8-17)32-24-29-13-15-11-21(35)31-20-12-16(25(26,27)28)3-4-18(20)23(15)33-24/h3-6,12-13,17H,7-11H2,1-2H3,(H,31,35)(H,29,32,33). The lowest BCUT2D eigenvalue weighted by molar-refractivity contribution is -0.137. The van der Waals surface area contributed by atoms with Gasteiger partial charge in [-0.1, -0.05) is 6.07 Å². The van der Waals surface area contributed by atoms with Crippen LogP contribution in [0.2, 0.25) is 0 Å². The van der Waals surface area contributed by atoms with Gasteiger partial charge in [0.2, 0.25) is 17.7 Å². The SMILES string of the molecule is Cc1nc(OC2CCN(C)CC2)ccc1Nc1ncc2c(n1)-c1ccc(C(F)(F)F)cc1NC(=O)C2. The van der Waals surface area contributed by atoms with Crippen molar-refractivity contribution in [1.29, 1.82) is 0 Å². The summed E-state index contributed by atoms with van der Waals surface area (Å²) in [4.78, 5) is 28.0. The van der Waals surface area contributed by atoms with Crippen molar-refractivity contribution in [1.82, 2.24) is 19.9 Å². The predicted molar refractivity (Wildman–Crippen MR) is 128 cm³/mol. The van der Waals surface area contributed by atoms with Crippen LogP contribution in [0.4, 0.5) is 30.5 Å². The third kappa shape index (κ3) is 5.11. The van der Waals surface area contributed by atoms with Crippen molar-refractivity contribution in [2.45, 2.75) is 38.5 Å². The summed E-state index contributed by atoms with van der Waals surface area (Å²) >= 11 is 0. The number of ether oxygens (including phenoxy) is 1. The summed E-state index contributed by atoms with van der Waals surface area (Å²) in [5.74, 6) is 0.358. The van der Waals surface area contributed by atoms with Crippen LogP contribution in [-0.2, 0) is 17.4 Å². The molecule has 0 aliphatic carbocycles. The molecule has 0 saturated carbocycles. The number of anilines is 3. The number of hydrogen-bond donors (Lipinski definition) is 2. The zero-order chi connectivity index (χ0) is 25.4. The van der Waals surface area contributed by atoms with Gasteiger partial charge in [-0.3, -0.25) is 4.79 Å². The number of rotatable bonds is 4. The summed E-state index contributed by atoms with van der Waals surface area (Å²) in [7, 11) is 2.09. The van der Waals surface area contributed by atoms with Crippen LogP contribution in [0.15, 0.2) is 36.5 Å². The van der Waals surface area contributed by atoms with Crippen molar-refractivity contribution >= 4 is 23.2 Å². The van der Waals surface area contributed by atoms with E-state index in [0.29, 0.717) is 34.1 Å². The molecule has 11 heteroatoms. The molecular formula is C25H25F3N6O2. The molecule has 0 atom stereocenters. The smallest absolute Gasteiger partial charge is 0.416 e. The van der Waals surface area contributed by atoms with E-state index < -0.39 is 17.6 Å². The first-order chi connectivity index (χ1) is 17.2. The van der Waals surface area contributed by atoms with E-state index in [0.717, 1.165) is 38.1 Å². The van der Waals surface area contributed by atoms with Crippen LogP contribution in [0.25, 0.3) is 11.3 Å². The molecule has 1 fully saturated rings. The van der Waals surface area contributed by atoms with Crippen LogP contribution in [0.3, 0.4) is 0 Å². The molecule has 4 heterocycles. The van der Waals surface area contributed by atoms with E-state index in [2.05, 4.69) is 37.5 Å². The van der Waals surface area contributed by atoms with E-state index in [1.807, 2.05) is 13.0 Å². The third-order valence-electron chi connectivity index (χ3n) is 6.35. The van der Waals surface area contributed by atoms with Gasteiger partial charge >= 0.3 is 6.18 Å². The van der Waals surface area contributed by atoms with E-state index in [1.165, 1.54) is 12.3 Å². The van der Waals surface area contributed by atoms with Crippen LogP contribution in [0, 0.1) is 6.92 Å². The van der Waals surface area contributed by atoms with Gasteiger partial charge < -0.3 is 20.3 Å². The molecule has 0 bridgehead atoms. The Hall–Kier alpha value is -3.73. The molecule has 1 amide bonds. The molecule has 0 unspecified atom stereocenters. The maximum Gasteiger partial charge on any atom is 0.416 e. The summed E-state index contributed by atoms with van der Waals surface area (Å²) in [5.41, 5.74) is 1.88. The van der Waals surface area contributed by atoms with E-state index in [4.69, 9.17) is 4.74 Å². The van der Waals surface area contributed by atoms with Gasteiger partial charge in [-0.25, -0.2) is 15.0 Å². The molecule has 2 N–H and O–H groups in total. The fraction of sp³-hybridized carbons (Fsp3) is 0.360. The largest absolute Gasteiger partial charge is 0.474 e. The van der Waals surface area contributed by atoms with Crippen molar-refractivity contribution < 1.29 is 22.7 Å². The Labute approximate surface area is 205 Å². The number of alkyl halides is 3. The summed E-state index contributed by atoms with van der Waals surface area (Å²) in [6, 6.07) is 6.84. The van der Waals surface area contributed by atoms with Crippen molar-refractivity contribution in [3.8, 4) is 17.1 Å². The Morgan fingerprint density at radius 1 is 1.14 bits per heavy atom. The molecule has 2 aromatic heterocycles. The van der Waals surface area contributed by atoms with Gasteiger partial charge in [-0.05, 0) is 45.0 Å². The summed E-state index contributed by atoms with van der Waals surface area (Å²) in [6.45, 7) is 3.81. The molecule has 3 aromatic rings. The number of benzene rings is 1. The molecule has 2 aliphatic rings. The van der Waals surface area contributed by atoms with Crippen molar-refractivity contribution in [2.75, 3.05) is 30.8 Å². The van der Waals surface area contributed by atoms with Gasteiger partial charge in [-0.15, -0.1) is 0 Å². The van der Waals surface area contributed by atoms with Gasteiger partial charge in [-0.2, -0.15) is 13.2 Å². The van der Waals surface area contributed by atoms with Crippen LogP contribution in [-0.4, -0.2) is 52.0 Å². The van der Waals surface area contributed by atoms with Gasteiger partial charge in [0.05, 0.1) is 34.7 Å². The number of aryl methyl sites for hydroxylation is 1. The molecule has 36 heavy (non-hydrogen) atoms. The number of aromatic nitrogens is 3. The van der Waals surface area contributed by atoms with Crippen LogP contribution in [0.5, 0.6) is 5.88 Å². The normalized spacial score (nSPS) is 16.5. The Morgan fingerprint density at radius 3 is 2.64 bits per heavy atom. The molecule has 0 radical (unpaired) electrons. The number of nitrogens with zero attached hydrogens (tertiary/aromatic N) is 4. The second kappa shape index (κ2) is 9.38. The Balaban J connectivity index is 1.39. The highest BCUT2D eigenvalue weighted by Gasteiger charge is 2.32. The summed E-state index contributed by atoms with van der Waals surface area (Å²) in [5, 5.41) is 5.67. The van der Waals surface area contributed by atoms with Gasteiger partial charge in [0.1, 0.15) is 6.10 Å². The monoisotopic (exact) mass is 498 g/mol. The van der Waals surface area contributed by atoms with Crippen molar-refractivity contribution in [2.24, 2.45) is 0 Å². The highest BCUT2D eigenvalue weighted by molar-refractivity contribution is 6.00. The number of likely N-dealkylation sites (tertiary alicyclic amines) is 1. The average molecular weight is 499 g/mol. The highest BCUT2D eigenvalue weighted by atomic mass is 19.4. The van der Waals surface area contributed by atoms with Crippen molar-refractivity contribution in [3.63, 3.8) is 0 Å². The zero-order valence-electron chi connectivity index (χ0n) is 19.8. The van der Waals surface area contributed by atoms with Crippen LogP contribution >= 0.6 is 0 Å². The molecule has 2 aliphatic heterocycles. The first-order valence-electron chi connectivity index (χ1n) is 11.6. The molecule has 1 aromatic carbocycles. The number of carbonyl (C=O) groups excluding carboxylic acids is 1. The first-order valence-corrected chi connectivity index (χ1v) is 11.6. The molecule has 1 saturated heterocycles. The number of amides is 1. The van der Waals surface area contributed by atoms with Crippen LogP contribution in [0.1, 0.15) is 29.7 Å². The number of fused-ring (bicyclic) bond motifs is 3. The highest BCUT2D eigenvalue weighted by Crippen LogP contribution is 2.38. The predicted octanol–water partition coefficient (Wildman–Crippen LogP) is 4.58. The van der Waals surface area contributed by atoms with Gasteiger partial charge in [0.15, 0.2) is 0 Å². The number of pyridine rings is 1. The minimum Gasteiger partial charge on any atom is -0.474 e. The molecule has 5 rings (SSSR count). The number of hydrogen-bond acceptors (Lipinski definition) is 7. The Bertz CT molecular complexity index is 1310. The molecular weight excluding hydrogens is 473 g/mol. The van der Waals surface area contributed by atoms with Crippen molar-refractivity contribution in [3.05, 3.63) is 53.3 Å². The number of nitrogens with one attached hydrogen (secondary N) is 2. The number of halogens is 3. The summed E-state index contributed by atoms with van der Waals surface area (Å²) in [6.07, 6.45) is -1.03. The minimum atomic E-state index is -4.53.